The molecule has 0 N–H and O–H groups in total. The number of para-hydroxylation sites is 2. The van der Waals surface area contributed by atoms with Gasteiger partial charge in [0.2, 0.25) is 13.4 Å². The van der Waals surface area contributed by atoms with Crippen LogP contribution in [0.3, 0.4) is 0 Å². The van der Waals surface area contributed by atoms with E-state index in [9.17, 15) is 0 Å². The van der Waals surface area contributed by atoms with Crippen molar-refractivity contribution in [3.63, 3.8) is 0 Å². The minimum Gasteiger partial charge on any atom is -0.310 e. The highest BCUT2D eigenvalue weighted by molar-refractivity contribution is 8.00. The summed E-state index contributed by atoms with van der Waals surface area (Å²) < 4.78 is 2.57. The van der Waals surface area contributed by atoms with Crippen molar-refractivity contribution in [3.8, 4) is 5.69 Å². The third kappa shape index (κ3) is 3.72. The van der Waals surface area contributed by atoms with Crippen molar-refractivity contribution in [1.29, 1.82) is 0 Å². The van der Waals surface area contributed by atoms with Gasteiger partial charge in [-0.2, -0.15) is 0 Å². The molecule has 4 heteroatoms. The van der Waals surface area contributed by atoms with Gasteiger partial charge in [-0.1, -0.05) is 179 Å². The van der Waals surface area contributed by atoms with Crippen LogP contribution in [-0.4, -0.2) is 18.0 Å². The molecule has 0 spiro atoms. The van der Waals surface area contributed by atoms with Crippen LogP contribution >= 0.6 is 11.8 Å². The molecule has 0 fully saturated rings. The molecule has 0 saturated carbocycles. The van der Waals surface area contributed by atoms with E-state index in [0.29, 0.717) is 0 Å². The van der Waals surface area contributed by atoms with Crippen LogP contribution in [0, 0.1) is 0 Å². The molecular weight excluding hydrogens is 596 g/mol. The molecule has 2 aliphatic heterocycles. The lowest BCUT2D eigenvalue weighted by atomic mass is 9.33. The summed E-state index contributed by atoms with van der Waals surface area (Å²) in [5.74, 6) is 0. The molecule has 0 unspecified atom stereocenters. The monoisotopic (exact) mass is 623 g/mol. The van der Waals surface area contributed by atoms with Crippen molar-refractivity contribution in [2.75, 3.05) is 0 Å². The second-order valence-electron chi connectivity index (χ2n) is 13.3. The number of aromatic nitrogens is 1. The van der Waals surface area contributed by atoms with Crippen LogP contribution in [0.15, 0.2) is 174 Å². The van der Waals surface area contributed by atoms with Crippen LogP contribution in [0.25, 0.3) is 49.0 Å². The van der Waals surface area contributed by atoms with Crippen molar-refractivity contribution in [2.45, 2.75) is 9.79 Å². The summed E-state index contributed by atoms with van der Waals surface area (Å²) in [5.41, 5.74) is 12.1. The van der Waals surface area contributed by atoms with E-state index in [4.69, 9.17) is 0 Å². The molecule has 3 heterocycles. The fraction of sp³-hybridized carbons (Fsp3) is 0. The Morgan fingerprint density at radius 3 is 1.77 bits per heavy atom. The summed E-state index contributed by atoms with van der Waals surface area (Å²) in [6.07, 6.45) is 0. The Labute approximate surface area is 284 Å². The third-order valence-electron chi connectivity index (χ3n) is 10.7. The van der Waals surface area contributed by atoms with Crippen LogP contribution in [0.4, 0.5) is 0 Å². The van der Waals surface area contributed by atoms with Gasteiger partial charge in [0.25, 0.3) is 0 Å². The standard InChI is InChI=1S/C44H27B2NS/c1-3-12-30-24-32(22-20-28(30)10-1)45-36-16-6-8-19-42(36)48-43-27-38-41(26-39(43)45)47-40-18-7-5-14-34(40)35-15-9-17-37(44(35)47)46(38)33-23-21-29-11-2-4-13-31(29)25-33/h1-27H. The summed E-state index contributed by atoms with van der Waals surface area (Å²) >= 11 is 1.93. The molecule has 0 saturated heterocycles. The van der Waals surface area contributed by atoms with Crippen LogP contribution in [0.1, 0.15) is 0 Å². The minimum atomic E-state index is 0.118. The fourth-order valence-electron chi connectivity index (χ4n) is 8.63. The number of benzene rings is 8. The van der Waals surface area contributed by atoms with E-state index in [2.05, 4.69) is 168 Å². The van der Waals surface area contributed by atoms with Crippen LogP contribution in [-0.2, 0) is 0 Å². The molecular formula is C44H27B2NS. The number of rotatable bonds is 2. The zero-order valence-electron chi connectivity index (χ0n) is 26.1. The summed E-state index contributed by atoms with van der Waals surface area (Å²) in [6.45, 7) is 0.258. The highest BCUT2D eigenvalue weighted by Gasteiger charge is 2.38. The molecule has 1 aromatic heterocycles. The Bertz CT molecular complexity index is 2800. The molecule has 48 heavy (non-hydrogen) atoms. The van der Waals surface area contributed by atoms with Crippen LogP contribution in [0.2, 0.25) is 0 Å². The maximum Gasteiger partial charge on any atom is 0.246 e. The normalized spacial score (nSPS) is 13.2. The van der Waals surface area contributed by atoms with Gasteiger partial charge in [-0.15, -0.1) is 0 Å². The maximum atomic E-state index is 2.57. The quantitative estimate of drug-likeness (QED) is 0.190. The Morgan fingerprint density at radius 2 is 1.00 bits per heavy atom. The van der Waals surface area contributed by atoms with Crippen LogP contribution < -0.4 is 32.8 Å². The zero-order chi connectivity index (χ0) is 31.3. The molecule has 2 aliphatic rings. The first-order valence-corrected chi connectivity index (χ1v) is 17.6. The van der Waals surface area contributed by atoms with Gasteiger partial charge in [0.15, 0.2) is 0 Å². The molecule has 0 radical (unpaired) electrons. The van der Waals surface area contributed by atoms with Gasteiger partial charge in [0.1, 0.15) is 0 Å². The molecule has 11 rings (SSSR count). The highest BCUT2D eigenvalue weighted by Crippen LogP contribution is 2.36. The van der Waals surface area contributed by atoms with Gasteiger partial charge in [-0.3, -0.25) is 0 Å². The third-order valence-corrected chi connectivity index (χ3v) is 11.9. The van der Waals surface area contributed by atoms with E-state index in [1.54, 1.807) is 0 Å². The van der Waals surface area contributed by atoms with Crippen molar-refractivity contribution in [3.05, 3.63) is 164 Å². The van der Waals surface area contributed by atoms with Gasteiger partial charge < -0.3 is 4.57 Å². The molecule has 0 aliphatic carbocycles. The predicted molar refractivity (Wildman–Crippen MR) is 209 cm³/mol. The van der Waals surface area contributed by atoms with E-state index >= 15 is 0 Å². The number of hydrogen-bond donors (Lipinski definition) is 0. The Morgan fingerprint density at radius 1 is 0.396 bits per heavy atom. The lowest BCUT2D eigenvalue weighted by Gasteiger charge is -2.32. The first-order valence-electron chi connectivity index (χ1n) is 16.7. The lowest BCUT2D eigenvalue weighted by molar-refractivity contribution is 1.18. The van der Waals surface area contributed by atoms with Gasteiger partial charge >= 0.3 is 0 Å². The average Bonchev–Trinajstić information content (AvgIpc) is 3.48. The number of fused-ring (bicyclic) bond motifs is 9. The van der Waals surface area contributed by atoms with Crippen molar-refractivity contribution < 1.29 is 0 Å². The van der Waals surface area contributed by atoms with Crippen molar-refractivity contribution in [2.24, 2.45) is 0 Å². The van der Waals surface area contributed by atoms with Crippen molar-refractivity contribution in [1.82, 2.24) is 4.57 Å². The molecule has 0 bridgehead atoms. The van der Waals surface area contributed by atoms with E-state index < -0.39 is 0 Å². The smallest absolute Gasteiger partial charge is 0.246 e. The van der Waals surface area contributed by atoms with E-state index in [1.165, 1.54) is 91.6 Å². The topological polar surface area (TPSA) is 4.93 Å². The second kappa shape index (κ2) is 10.0. The summed E-state index contributed by atoms with van der Waals surface area (Å²) in [6, 6.07) is 61.5. The van der Waals surface area contributed by atoms with E-state index in [-0.39, 0.29) is 13.4 Å². The number of hydrogen-bond acceptors (Lipinski definition) is 1. The largest absolute Gasteiger partial charge is 0.310 e. The average molecular weight is 623 g/mol. The molecule has 220 valence electrons. The fourth-order valence-corrected chi connectivity index (χ4v) is 9.79. The van der Waals surface area contributed by atoms with Crippen LogP contribution in [0.5, 0.6) is 0 Å². The molecule has 9 aromatic rings. The van der Waals surface area contributed by atoms with Gasteiger partial charge in [0.05, 0.1) is 5.52 Å². The Balaban J connectivity index is 1.24. The first-order chi connectivity index (χ1) is 23.8. The van der Waals surface area contributed by atoms with Gasteiger partial charge in [-0.05, 0) is 50.7 Å². The van der Waals surface area contributed by atoms with Crippen molar-refractivity contribution >= 4 is 101 Å². The summed E-state index contributed by atoms with van der Waals surface area (Å²) in [4.78, 5) is 2.69. The zero-order valence-corrected chi connectivity index (χ0v) is 26.9. The maximum absolute atomic E-state index is 2.57. The molecule has 0 amide bonds. The van der Waals surface area contributed by atoms with E-state index in [1.807, 2.05) is 11.8 Å². The molecule has 1 nitrogen and oxygen atoms in total. The minimum absolute atomic E-state index is 0.118. The van der Waals surface area contributed by atoms with Gasteiger partial charge in [0, 0.05) is 31.8 Å². The molecule has 8 aromatic carbocycles. The molecule has 0 atom stereocenters. The summed E-state index contributed by atoms with van der Waals surface area (Å²) in [5, 5.41) is 7.76. The Kier molecular flexibility index (Phi) is 5.56. The lowest BCUT2D eigenvalue weighted by Crippen LogP contribution is -2.59. The number of nitrogens with zero attached hydrogens (tertiary/aromatic N) is 1. The van der Waals surface area contributed by atoms with E-state index in [0.717, 1.165) is 0 Å². The predicted octanol–water partition coefficient (Wildman–Crippen LogP) is 6.90. The summed E-state index contributed by atoms with van der Waals surface area (Å²) in [7, 11) is 0. The van der Waals surface area contributed by atoms with Gasteiger partial charge in [-0.25, -0.2) is 0 Å². The second-order valence-corrected chi connectivity index (χ2v) is 14.3. The first kappa shape index (κ1) is 26.6. The SMILES string of the molecule is c1ccc2c(c1)Sc1cc3c(cc1B2c1ccc2ccccc2c1)-n1c2ccccc2c2cccc(c21)B3c1ccc2ccccc2c1. The highest BCUT2D eigenvalue weighted by atomic mass is 32.2. The Hall–Kier alpha value is -5.44.